The van der Waals surface area contributed by atoms with Crippen LogP contribution in [0.4, 0.5) is 5.69 Å². The van der Waals surface area contributed by atoms with Crippen molar-refractivity contribution < 1.29 is 14.3 Å². The second-order valence-corrected chi connectivity index (χ2v) is 6.19. The monoisotopic (exact) mass is 277 g/mol. The zero-order chi connectivity index (χ0) is 15.3. The number of rotatable bonds is 4. The third-order valence-corrected chi connectivity index (χ3v) is 2.92. The molecule has 0 bridgehead atoms. The van der Waals surface area contributed by atoms with Crippen LogP contribution in [0.3, 0.4) is 0 Å². The first-order chi connectivity index (χ1) is 9.19. The maximum absolute atomic E-state index is 11.8. The van der Waals surface area contributed by atoms with E-state index in [1.165, 1.54) is 0 Å². The topological polar surface area (TPSA) is 55.4 Å². The van der Waals surface area contributed by atoms with Crippen LogP contribution >= 0.6 is 0 Å². The van der Waals surface area contributed by atoms with Gasteiger partial charge in [-0.3, -0.25) is 9.59 Å². The molecule has 110 valence electrons. The van der Waals surface area contributed by atoms with Crippen LogP contribution in [0.5, 0.6) is 0 Å². The minimum atomic E-state index is -0.353. The molecule has 4 nitrogen and oxygen atoms in total. The van der Waals surface area contributed by atoms with Gasteiger partial charge in [-0.1, -0.05) is 32.9 Å². The normalized spacial score (nSPS) is 11.1. The average molecular weight is 277 g/mol. The summed E-state index contributed by atoms with van der Waals surface area (Å²) in [7, 11) is 0. The highest BCUT2D eigenvalue weighted by Crippen LogP contribution is 2.19. The third-order valence-electron chi connectivity index (χ3n) is 2.92. The SMILES string of the molecule is Cc1cccc(NC(=O)COC(=O)CC(C)(C)C)c1C. The number of nitrogens with one attached hydrogen (secondary N) is 1. The maximum Gasteiger partial charge on any atom is 0.306 e. The van der Waals surface area contributed by atoms with Gasteiger partial charge in [-0.05, 0) is 36.5 Å². The molecular weight excluding hydrogens is 254 g/mol. The van der Waals surface area contributed by atoms with Gasteiger partial charge < -0.3 is 10.1 Å². The van der Waals surface area contributed by atoms with Crippen LogP contribution in [0.2, 0.25) is 0 Å². The molecule has 0 aromatic heterocycles. The number of hydrogen-bond acceptors (Lipinski definition) is 3. The van der Waals surface area contributed by atoms with Crippen LogP contribution in [0.25, 0.3) is 0 Å². The first-order valence-electron chi connectivity index (χ1n) is 6.71. The number of carbonyl (C=O) groups excluding carboxylic acids is 2. The number of esters is 1. The molecule has 0 saturated heterocycles. The molecule has 1 rings (SSSR count). The molecule has 0 radical (unpaired) electrons. The molecular formula is C16H23NO3. The predicted molar refractivity (Wildman–Crippen MR) is 79.6 cm³/mol. The van der Waals surface area contributed by atoms with Crippen molar-refractivity contribution in [2.75, 3.05) is 11.9 Å². The summed E-state index contributed by atoms with van der Waals surface area (Å²) in [5.74, 6) is -0.672. The van der Waals surface area contributed by atoms with Crippen LogP contribution in [-0.2, 0) is 14.3 Å². The second-order valence-electron chi connectivity index (χ2n) is 6.19. The molecule has 0 aliphatic rings. The lowest BCUT2D eigenvalue weighted by atomic mass is 9.92. The Kier molecular flexibility index (Phi) is 5.31. The number of ether oxygens (including phenoxy) is 1. The highest BCUT2D eigenvalue weighted by molar-refractivity contribution is 5.93. The van der Waals surface area contributed by atoms with Crippen molar-refractivity contribution in [3.05, 3.63) is 29.3 Å². The van der Waals surface area contributed by atoms with E-state index in [9.17, 15) is 9.59 Å². The van der Waals surface area contributed by atoms with Crippen molar-refractivity contribution in [3.8, 4) is 0 Å². The summed E-state index contributed by atoms with van der Waals surface area (Å²) in [6.45, 7) is 9.52. The fraction of sp³-hybridized carbons (Fsp3) is 0.500. The molecule has 1 amide bonds. The zero-order valence-corrected chi connectivity index (χ0v) is 12.9. The maximum atomic E-state index is 11.8. The quantitative estimate of drug-likeness (QED) is 0.860. The van der Waals surface area contributed by atoms with Gasteiger partial charge in [-0.25, -0.2) is 0 Å². The Morgan fingerprint density at radius 1 is 1.20 bits per heavy atom. The molecule has 1 aromatic rings. The molecule has 0 fully saturated rings. The first kappa shape index (κ1) is 16.2. The molecule has 0 saturated carbocycles. The van der Waals surface area contributed by atoms with Gasteiger partial charge in [0.2, 0.25) is 0 Å². The molecule has 0 aliphatic heterocycles. The largest absolute Gasteiger partial charge is 0.456 e. The van der Waals surface area contributed by atoms with E-state index >= 15 is 0 Å². The summed E-state index contributed by atoms with van der Waals surface area (Å²) in [5.41, 5.74) is 2.73. The minimum absolute atomic E-state index is 0.138. The number of aryl methyl sites for hydroxylation is 1. The number of hydrogen-bond donors (Lipinski definition) is 1. The summed E-state index contributed by atoms with van der Waals surface area (Å²) in [4.78, 5) is 23.3. The van der Waals surface area contributed by atoms with Crippen molar-refractivity contribution in [2.45, 2.75) is 41.0 Å². The molecule has 0 spiro atoms. The Bertz CT molecular complexity index is 501. The van der Waals surface area contributed by atoms with Crippen molar-refractivity contribution in [2.24, 2.45) is 5.41 Å². The van der Waals surface area contributed by atoms with Gasteiger partial charge in [-0.2, -0.15) is 0 Å². The van der Waals surface area contributed by atoms with Crippen LogP contribution in [0.15, 0.2) is 18.2 Å². The summed E-state index contributed by atoms with van der Waals surface area (Å²) in [6, 6.07) is 5.69. The van der Waals surface area contributed by atoms with E-state index in [4.69, 9.17) is 4.74 Å². The second kappa shape index (κ2) is 6.55. The summed E-state index contributed by atoms with van der Waals surface area (Å²) >= 11 is 0. The van der Waals surface area contributed by atoms with E-state index in [1.54, 1.807) is 0 Å². The van der Waals surface area contributed by atoms with E-state index in [-0.39, 0.29) is 23.9 Å². The smallest absolute Gasteiger partial charge is 0.306 e. The number of benzene rings is 1. The predicted octanol–water partition coefficient (Wildman–Crippen LogP) is 3.22. The Morgan fingerprint density at radius 2 is 1.85 bits per heavy atom. The molecule has 1 N–H and O–H groups in total. The number of amides is 1. The van der Waals surface area contributed by atoms with Crippen molar-refractivity contribution in [1.29, 1.82) is 0 Å². The van der Waals surface area contributed by atoms with Crippen LogP contribution in [0.1, 0.15) is 38.3 Å². The molecule has 1 aromatic carbocycles. The van der Waals surface area contributed by atoms with Crippen molar-refractivity contribution >= 4 is 17.6 Å². The Balaban J connectivity index is 2.49. The Labute approximate surface area is 120 Å². The van der Waals surface area contributed by atoms with E-state index in [0.29, 0.717) is 6.42 Å². The average Bonchev–Trinajstić information content (AvgIpc) is 2.30. The summed E-state index contributed by atoms with van der Waals surface area (Å²) in [6.07, 6.45) is 0.295. The van der Waals surface area contributed by atoms with Crippen LogP contribution < -0.4 is 5.32 Å². The lowest BCUT2D eigenvalue weighted by molar-refractivity contribution is -0.149. The molecule has 0 aliphatic carbocycles. The number of carbonyl (C=O) groups is 2. The van der Waals surface area contributed by atoms with Gasteiger partial charge in [0.25, 0.3) is 5.91 Å². The van der Waals surface area contributed by atoms with Gasteiger partial charge in [-0.15, -0.1) is 0 Å². The van der Waals surface area contributed by atoms with E-state index in [1.807, 2.05) is 52.8 Å². The molecule has 0 atom stereocenters. The third kappa shape index (κ3) is 5.43. The van der Waals surface area contributed by atoms with Gasteiger partial charge >= 0.3 is 5.97 Å². The Hall–Kier alpha value is -1.84. The molecule has 0 unspecified atom stereocenters. The van der Waals surface area contributed by atoms with Crippen molar-refractivity contribution in [3.63, 3.8) is 0 Å². The minimum Gasteiger partial charge on any atom is -0.456 e. The zero-order valence-electron chi connectivity index (χ0n) is 12.9. The van der Waals surface area contributed by atoms with Crippen molar-refractivity contribution in [1.82, 2.24) is 0 Å². The Morgan fingerprint density at radius 3 is 2.45 bits per heavy atom. The lowest BCUT2D eigenvalue weighted by Crippen LogP contribution is -2.23. The van der Waals surface area contributed by atoms with E-state index in [0.717, 1.165) is 16.8 Å². The summed E-state index contributed by atoms with van der Waals surface area (Å²) < 4.78 is 4.97. The van der Waals surface area contributed by atoms with Crippen LogP contribution in [0, 0.1) is 19.3 Å². The lowest BCUT2D eigenvalue weighted by Gasteiger charge is -2.16. The van der Waals surface area contributed by atoms with E-state index in [2.05, 4.69) is 5.32 Å². The van der Waals surface area contributed by atoms with E-state index < -0.39 is 0 Å². The van der Waals surface area contributed by atoms with Gasteiger partial charge in [0.15, 0.2) is 6.61 Å². The van der Waals surface area contributed by atoms with Crippen LogP contribution in [-0.4, -0.2) is 18.5 Å². The fourth-order valence-corrected chi connectivity index (χ4v) is 1.70. The molecule has 20 heavy (non-hydrogen) atoms. The summed E-state index contributed by atoms with van der Waals surface area (Å²) in [5, 5.41) is 2.75. The van der Waals surface area contributed by atoms with Gasteiger partial charge in [0.1, 0.15) is 0 Å². The molecule has 4 heteroatoms. The van der Waals surface area contributed by atoms with Gasteiger partial charge in [0, 0.05) is 5.69 Å². The number of anilines is 1. The highest BCUT2D eigenvalue weighted by Gasteiger charge is 2.18. The standard InChI is InChI=1S/C16H23NO3/c1-11-7-6-8-13(12(11)2)17-14(18)10-20-15(19)9-16(3,4)5/h6-8H,9-10H2,1-5H3,(H,17,18). The van der Waals surface area contributed by atoms with Gasteiger partial charge in [0.05, 0.1) is 6.42 Å². The fourth-order valence-electron chi connectivity index (χ4n) is 1.70. The highest BCUT2D eigenvalue weighted by atomic mass is 16.5. The first-order valence-corrected chi connectivity index (χ1v) is 6.71. The molecule has 0 heterocycles.